The molecule has 3 aromatic rings. The Labute approximate surface area is 146 Å². The van der Waals surface area contributed by atoms with Crippen LogP contribution in [0.15, 0.2) is 46.9 Å². The highest BCUT2D eigenvalue weighted by atomic mass is 16.5. The molecule has 25 heavy (non-hydrogen) atoms. The number of hydrogen-bond donors (Lipinski definition) is 2. The Morgan fingerprint density at radius 3 is 2.68 bits per heavy atom. The average molecular weight is 338 g/mol. The molecule has 1 aromatic heterocycles. The number of nitrogens with two attached hydrogens (primary N) is 1. The zero-order valence-corrected chi connectivity index (χ0v) is 14.1. The summed E-state index contributed by atoms with van der Waals surface area (Å²) in [6.45, 7) is 0.233. The predicted octanol–water partition coefficient (Wildman–Crippen LogP) is 4.34. The van der Waals surface area contributed by atoms with Crippen molar-refractivity contribution >= 4 is 11.1 Å². The van der Waals surface area contributed by atoms with Crippen LogP contribution in [-0.4, -0.2) is 15.8 Å². The molecule has 1 heterocycles. The molecule has 0 bridgehead atoms. The zero-order chi connectivity index (χ0) is 17.3. The molecule has 0 atom stereocenters. The van der Waals surface area contributed by atoms with E-state index in [4.69, 9.17) is 14.9 Å². The summed E-state index contributed by atoms with van der Waals surface area (Å²) < 4.78 is 11.9. The molecule has 0 aliphatic heterocycles. The van der Waals surface area contributed by atoms with Crippen LogP contribution in [-0.2, 0) is 11.3 Å². The number of aromatic nitrogens is 1. The second-order valence-electron chi connectivity index (χ2n) is 6.70. The summed E-state index contributed by atoms with van der Waals surface area (Å²) in [5, 5.41) is 10.4. The maximum Gasteiger partial charge on any atom is 0.227 e. The first-order valence-electron chi connectivity index (χ1n) is 8.74. The van der Waals surface area contributed by atoms with Crippen LogP contribution in [0, 0.1) is 0 Å². The van der Waals surface area contributed by atoms with Crippen LogP contribution in [0.4, 0.5) is 0 Å². The van der Waals surface area contributed by atoms with Gasteiger partial charge in [-0.15, -0.1) is 0 Å². The van der Waals surface area contributed by atoms with E-state index in [2.05, 4.69) is 4.98 Å². The molecule has 5 heteroatoms. The van der Waals surface area contributed by atoms with Gasteiger partial charge >= 0.3 is 0 Å². The lowest BCUT2D eigenvalue weighted by atomic mass is 9.92. The summed E-state index contributed by atoms with van der Waals surface area (Å²) >= 11 is 0. The van der Waals surface area contributed by atoms with E-state index in [-0.39, 0.29) is 12.4 Å². The summed E-state index contributed by atoms with van der Waals surface area (Å²) in [5.41, 5.74) is 8.65. The molecular formula is C20H22N2O3. The van der Waals surface area contributed by atoms with E-state index >= 15 is 0 Å². The Morgan fingerprint density at radius 2 is 1.88 bits per heavy atom. The number of oxazole rings is 1. The van der Waals surface area contributed by atoms with Crippen molar-refractivity contribution in [2.75, 3.05) is 0 Å². The number of rotatable bonds is 4. The minimum Gasteiger partial charge on any atom is -0.508 e. The van der Waals surface area contributed by atoms with E-state index in [1.807, 2.05) is 30.3 Å². The van der Waals surface area contributed by atoms with Crippen molar-refractivity contribution in [3.63, 3.8) is 0 Å². The van der Waals surface area contributed by atoms with Crippen LogP contribution in [0.3, 0.4) is 0 Å². The minimum absolute atomic E-state index is 0.166. The van der Waals surface area contributed by atoms with Crippen molar-refractivity contribution in [2.24, 2.45) is 5.73 Å². The first-order chi connectivity index (χ1) is 12.1. The molecule has 0 saturated heterocycles. The van der Waals surface area contributed by atoms with Crippen LogP contribution in [0.5, 0.6) is 5.75 Å². The van der Waals surface area contributed by atoms with Crippen LogP contribution in [0.25, 0.3) is 22.6 Å². The molecule has 5 nitrogen and oxygen atoms in total. The molecule has 2 aromatic carbocycles. The summed E-state index contributed by atoms with van der Waals surface area (Å²) in [5.74, 6) is 0.643. The maximum atomic E-state index is 10.4. The second kappa shape index (κ2) is 6.50. The second-order valence-corrected chi connectivity index (χ2v) is 6.70. The molecule has 0 spiro atoms. The van der Waals surface area contributed by atoms with Crippen molar-refractivity contribution in [1.82, 2.24) is 4.98 Å². The highest BCUT2D eigenvalue weighted by molar-refractivity contribution is 5.77. The average Bonchev–Trinajstić information content (AvgIpc) is 3.05. The predicted molar refractivity (Wildman–Crippen MR) is 95.9 cm³/mol. The van der Waals surface area contributed by atoms with Crippen molar-refractivity contribution < 1.29 is 14.3 Å². The van der Waals surface area contributed by atoms with Gasteiger partial charge in [0.25, 0.3) is 0 Å². The third kappa shape index (κ3) is 3.25. The SMILES string of the molecule is NC1(OCc2c(O)cccc2-c2nc3ccccc3o2)CCCCC1. The molecule has 130 valence electrons. The number of phenols is 1. The highest BCUT2D eigenvalue weighted by Gasteiger charge is 2.29. The van der Waals surface area contributed by atoms with Gasteiger partial charge in [0, 0.05) is 11.1 Å². The van der Waals surface area contributed by atoms with Gasteiger partial charge in [0.05, 0.1) is 6.61 Å². The van der Waals surface area contributed by atoms with Gasteiger partial charge in [-0.3, -0.25) is 0 Å². The van der Waals surface area contributed by atoms with E-state index in [1.165, 1.54) is 6.42 Å². The van der Waals surface area contributed by atoms with E-state index in [0.29, 0.717) is 11.5 Å². The maximum absolute atomic E-state index is 10.4. The van der Waals surface area contributed by atoms with Crippen molar-refractivity contribution in [1.29, 1.82) is 0 Å². The van der Waals surface area contributed by atoms with E-state index < -0.39 is 5.72 Å². The quantitative estimate of drug-likeness (QED) is 0.692. The van der Waals surface area contributed by atoms with E-state index in [0.717, 1.165) is 42.3 Å². The van der Waals surface area contributed by atoms with Gasteiger partial charge in [0.15, 0.2) is 5.58 Å². The summed E-state index contributed by atoms with van der Waals surface area (Å²) in [6.07, 6.45) is 5.05. The van der Waals surface area contributed by atoms with E-state index in [9.17, 15) is 5.11 Å². The summed E-state index contributed by atoms with van der Waals surface area (Å²) in [4.78, 5) is 4.53. The van der Waals surface area contributed by atoms with Crippen molar-refractivity contribution in [3.05, 3.63) is 48.0 Å². The molecule has 1 saturated carbocycles. The molecule has 3 N–H and O–H groups in total. The number of phenolic OH excluding ortho intramolecular Hbond substituents is 1. The third-order valence-corrected chi connectivity index (χ3v) is 4.88. The van der Waals surface area contributed by atoms with Crippen LogP contribution < -0.4 is 5.73 Å². The smallest absolute Gasteiger partial charge is 0.227 e. The number of nitrogens with zero attached hydrogens (tertiary/aromatic N) is 1. The number of fused-ring (bicyclic) bond motifs is 1. The molecule has 1 fully saturated rings. The fraction of sp³-hybridized carbons (Fsp3) is 0.350. The van der Waals surface area contributed by atoms with Crippen LogP contribution in [0.1, 0.15) is 37.7 Å². The first-order valence-corrected chi connectivity index (χ1v) is 8.74. The standard InChI is InChI=1S/C20H22N2O3/c21-20(11-4-1-5-12-20)24-13-15-14(7-6-9-17(15)23)19-22-16-8-2-3-10-18(16)25-19/h2-3,6-10,23H,1,4-5,11-13,21H2. The van der Waals surface area contributed by atoms with Gasteiger partial charge in [0.1, 0.15) is 17.0 Å². The van der Waals surface area contributed by atoms with Gasteiger partial charge in [0.2, 0.25) is 5.89 Å². The Balaban J connectivity index is 1.65. The molecule has 0 unspecified atom stereocenters. The molecule has 1 aliphatic carbocycles. The summed E-state index contributed by atoms with van der Waals surface area (Å²) in [7, 11) is 0. The molecule has 0 amide bonds. The number of benzene rings is 2. The Bertz CT molecular complexity index is 849. The van der Waals surface area contributed by atoms with Gasteiger partial charge in [-0.1, -0.05) is 24.6 Å². The lowest BCUT2D eigenvalue weighted by Crippen LogP contribution is -2.44. The topological polar surface area (TPSA) is 81.5 Å². The fourth-order valence-electron chi connectivity index (χ4n) is 3.42. The third-order valence-electron chi connectivity index (χ3n) is 4.88. The molecule has 0 radical (unpaired) electrons. The number of hydrogen-bond acceptors (Lipinski definition) is 5. The Hall–Kier alpha value is -2.37. The normalized spacial score (nSPS) is 17.0. The summed E-state index contributed by atoms with van der Waals surface area (Å²) in [6, 6.07) is 12.9. The fourth-order valence-corrected chi connectivity index (χ4v) is 3.42. The number of para-hydroxylation sites is 2. The van der Waals surface area contributed by atoms with Gasteiger partial charge in [-0.25, -0.2) is 4.98 Å². The van der Waals surface area contributed by atoms with Crippen LogP contribution >= 0.6 is 0 Å². The molecule has 1 aliphatic rings. The number of aromatic hydroxyl groups is 1. The van der Waals surface area contributed by atoms with Gasteiger partial charge < -0.3 is 20.0 Å². The largest absolute Gasteiger partial charge is 0.508 e. The molecule has 4 rings (SSSR count). The zero-order valence-electron chi connectivity index (χ0n) is 14.1. The lowest BCUT2D eigenvalue weighted by molar-refractivity contribution is -0.0762. The monoisotopic (exact) mass is 338 g/mol. The first kappa shape index (κ1) is 16.1. The van der Waals surface area contributed by atoms with E-state index in [1.54, 1.807) is 12.1 Å². The lowest BCUT2D eigenvalue weighted by Gasteiger charge is -2.33. The van der Waals surface area contributed by atoms with Gasteiger partial charge in [-0.05, 0) is 49.9 Å². The minimum atomic E-state index is -0.612. The van der Waals surface area contributed by atoms with Crippen LogP contribution in [0.2, 0.25) is 0 Å². The molecular weight excluding hydrogens is 316 g/mol. The Kier molecular flexibility index (Phi) is 4.19. The number of ether oxygens (including phenoxy) is 1. The highest BCUT2D eigenvalue weighted by Crippen LogP contribution is 2.34. The Morgan fingerprint density at radius 1 is 1.08 bits per heavy atom. The van der Waals surface area contributed by atoms with Crippen molar-refractivity contribution in [3.8, 4) is 17.2 Å². The van der Waals surface area contributed by atoms with Gasteiger partial charge in [-0.2, -0.15) is 0 Å². The van der Waals surface area contributed by atoms with Crippen molar-refractivity contribution in [2.45, 2.75) is 44.4 Å².